The van der Waals surface area contributed by atoms with E-state index in [0.717, 1.165) is 11.4 Å². The minimum Gasteiger partial charge on any atom is -0.308 e. The van der Waals surface area contributed by atoms with Crippen LogP contribution in [-0.2, 0) is 0 Å². The second-order valence-corrected chi connectivity index (χ2v) is 4.46. The molecule has 1 amide bonds. The molecule has 2 aromatic rings. The van der Waals surface area contributed by atoms with E-state index in [2.05, 4.69) is 25.7 Å². The number of rotatable bonds is 3. The molecule has 0 aliphatic heterocycles. The van der Waals surface area contributed by atoms with Crippen LogP contribution in [0.5, 0.6) is 0 Å². The molecule has 2 rings (SSSR count). The highest BCUT2D eigenvalue weighted by Crippen LogP contribution is 2.11. The first-order valence-corrected chi connectivity index (χ1v) is 6.07. The Balaban J connectivity index is 2.25. The van der Waals surface area contributed by atoms with E-state index in [1.165, 1.54) is 0 Å². The van der Waals surface area contributed by atoms with Gasteiger partial charge in [0.05, 0.1) is 0 Å². The van der Waals surface area contributed by atoms with Crippen molar-refractivity contribution in [2.24, 2.45) is 5.84 Å². The van der Waals surface area contributed by atoms with Crippen LogP contribution in [0.2, 0.25) is 0 Å². The molecule has 20 heavy (non-hydrogen) atoms. The van der Waals surface area contributed by atoms with Gasteiger partial charge in [0.15, 0.2) is 0 Å². The largest absolute Gasteiger partial charge is 0.308 e. The Morgan fingerprint density at radius 1 is 1.00 bits per heavy atom. The lowest BCUT2D eigenvalue weighted by atomic mass is 10.2. The van der Waals surface area contributed by atoms with Crippen LogP contribution >= 0.6 is 0 Å². The van der Waals surface area contributed by atoms with Gasteiger partial charge in [0.1, 0.15) is 5.82 Å². The molecule has 4 N–H and O–H groups in total. The number of amides is 1. The highest BCUT2D eigenvalue weighted by molar-refractivity contribution is 6.03. The van der Waals surface area contributed by atoms with Crippen LogP contribution in [0.3, 0.4) is 0 Å². The highest BCUT2D eigenvalue weighted by atomic mass is 16.1. The average molecular weight is 272 g/mol. The Morgan fingerprint density at radius 3 is 2.20 bits per heavy atom. The standard InChI is InChI=1S/C13H16N6O/c1-7-4-8(2)17-13(16-7)18-12(20)10-5-9(3)15-11(6-10)19-14/h4-6H,14H2,1-3H3,(H,15,19)(H,16,17,18,20). The zero-order valence-corrected chi connectivity index (χ0v) is 11.6. The average Bonchev–Trinajstić information content (AvgIpc) is 2.36. The number of hydrogen-bond donors (Lipinski definition) is 3. The number of hydrogen-bond acceptors (Lipinski definition) is 6. The van der Waals surface area contributed by atoms with E-state index in [9.17, 15) is 4.79 Å². The number of pyridine rings is 1. The third-order valence-corrected chi connectivity index (χ3v) is 2.57. The predicted octanol–water partition coefficient (Wildman–Crippen LogP) is 1.33. The topological polar surface area (TPSA) is 106 Å². The number of nitrogens with one attached hydrogen (secondary N) is 2. The number of nitrogen functional groups attached to an aromatic ring is 1. The minimum atomic E-state index is -0.308. The third-order valence-electron chi connectivity index (χ3n) is 2.57. The summed E-state index contributed by atoms with van der Waals surface area (Å²) in [5.41, 5.74) is 5.14. The van der Waals surface area contributed by atoms with Gasteiger partial charge in [-0.3, -0.25) is 10.1 Å². The molecule has 0 saturated heterocycles. The molecule has 7 nitrogen and oxygen atoms in total. The first-order valence-electron chi connectivity index (χ1n) is 6.07. The fraction of sp³-hybridized carbons (Fsp3) is 0.231. The summed E-state index contributed by atoms with van der Waals surface area (Å²) in [6.07, 6.45) is 0. The predicted molar refractivity (Wildman–Crippen MR) is 76.2 cm³/mol. The zero-order chi connectivity index (χ0) is 14.7. The third kappa shape index (κ3) is 3.27. The van der Waals surface area contributed by atoms with Crippen LogP contribution in [0.15, 0.2) is 18.2 Å². The molecule has 0 aliphatic rings. The van der Waals surface area contributed by atoms with E-state index in [1.807, 2.05) is 19.9 Å². The maximum absolute atomic E-state index is 12.2. The molecule has 0 atom stereocenters. The van der Waals surface area contributed by atoms with E-state index in [1.54, 1.807) is 19.1 Å². The quantitative estimate of drug-likeness (QED) is 0.575. The van der Waals surface area contributed by atoms with Crippen molar-refractivity contribution in [1.82, 2.24) is 15.0 Å². The fourth-order valence-corrected chi connectivity index (χ4v) is 1.83. The van der Waals surface area contributed by atoms with Crippen LogP contribution in [-0.4, -0.2) is 20.9 Å². The Kier molecular flexibility index (Phi) is 3.90. The number of carbonyl (C=O) groups is 1. The van der Waals surface area contributed by atoms with Crippen LogP contribution in [0.4, 0.5) is 11.8 Å². The maximum Gasteiger partial charge on any atom is 0.258 e. The highest BCUT2D eigenvalue weighted by Gasteiger charge is 2.10. The Morgan fingerprint density at radius 2 is 1.60 bits per heavy atom. The van der Waals surface area contributed by atoms with Gasteiger partial charge in [0, 0.05) is 22.6 Å². The van der Waals surface area contributed by atoms with Crippen molar-refractivity contribution in [3.05, 3.63) is 40.8 Å². The molecule has 2 aromatic heterocycles. The Labute approximate surface area is 116 Å². The van der Waals surface area contributed by atoms with Crippen LogP contribution in [0.25, 0.3) is 0 Å². The van der Waals surface area contributed by atoms with Crippen LogP contribution in [0.1, 0.15) is 27.4 Å². The minimum absolute atomic E-state index is 0.282. The number of hydrazine groups is 1. The van der Waals surface area contributed by atoms with Gasteiger partial charge >= 0.3 is 0 Å². The summed E-state index contributed by atoms with van der Waals surface area (Å²) < 4.78 is 0. The van der Waals surface area contributed by atoms with Crippen molar-refractivity contribution >= 4 is 17.7 Å². The van der Waals surface area contributed by atoms with Gasteiger partial charge in [0.25, 0.3) is 5.91 Å². The molecular formula is C13H16N6O. The molecule has 104 valence electrons. The summed E-state index contributed by atoms with van der Waals surface area (Å²) in [5, 5.41) is 2.66. The summed E-state index contributed by atoms with van der Waals surface area (Å²) in [7, 11) is 0. The van der Waals surface area contributed by atoms with Crippen LogP contribution < -0.4 is 16.6 Å². The van der Waals surface area contributed by atoms with Crippen LogP contribution in [0, 0.1) is 20.8 Å². The molecule has 0 spiro atoms. The number of aryl methyl sites for hydroxylation is 3. The normalized spacial score (nSPS) is 10.2. The zero-order valence-electron chi connectivity index (χ0n) is 11.6. The number of aromatic nitrogens is 3. The number of anilines is 2. The summed E-state index contributed by atoms with van der Waals surface area (Å²) in [4.78, 5) is 24.6. The molecule has 2 heterocycles. The van der Waals surface area contributed by atoms with Gasteiger partial charge in [-0.25, -0.2) is 20.8 Å². The van der Waals surface area contributed by atoms with E-state index in [0.29, 0.717) is 17.1 Å². The monoisotopic (exact) mass is 272 g/mol. The SMILES string of the molecule is Cc1cc(C(=O)Nc2nc(C)cc(C)n2)cc(NN)n1. The van der Waals surface area contributed by atoms with Crippen molar-refractivity contribution in [2.75, 3.05) is 10.7 Å². The Hall–Kier alpha value is -2.54. The Bertz CT molecular complexity index is 635. The number of nitrogens with two attached hydrogens (primary N) is 1. The smallest absolute Gasteiger partial charge is 0.258 e. The summed E-state index contributed by atoms with van der Waals surface area (Å²) in [6, 6.07) is 5.06. The van der Waals surface area contributed by atoms with Gasteiger partial charge in [0.2, 0.25) is 5.95 Å². The van der Waals surface area contributed by atoms with E-state index >= 15 is 0 Å². The van der Waals surface area contributed by atoms with Gasteiger partial charge in [-0.2, -0.15) is 0 Å². The lowest BCUT2D eigenvalue weighted by molar-refractivity contribution is 0.102. The van der Waals surface area contributed by atoms with Crippen molar-refractivity contribution in [1.29, 1.82) is 0 Å². The van der Waals surface area contributed by atoms with Gasteiger partial charge < -0.3 is 5.43 Å². The molecule has 0 fully saturated rings. The second kappa shape index (κ2) is 5.62. The molecule has 0 aliphatic carbocycles. The van der Waals surface area contributed by atoms with Crippen molar-refractivity contribution < 1.29 is 4.79 Å². The van der Waals surface area contributed by atoms with E-state index in [4.69, 9.17) is 5.84 Å². The first kappa shape index (κ1) is 13.9. The molecule has 0 aromatic carbocycles. The van der Waals surface area contributed by atoms with Gasteiger partial charge in [-0.15, -0.1) is 0 Å². The molecule has 0 saturated carbocycles. The lowest BCUT2D eigenvalue weighted by Gasteiger charge is -2.07. The number of carbonyl (C=O) groups excluding carboxylic acids is 1. The molecule has 0 unspecified atom stereocenters. The molecular weight excluding hydrogens is 256 g/mol. The van der Waals surface area contributed by atoms with Crippen molar-refractivity contribution in [2.45, 2.75) is 20.8 Å². The summed E-state index contributed by atoms with van der Waals surface area (Å²) in [5.74, 6) is 5.71. The number of nitrogens with zero attached hydrogens (tertiary/aromatic N) is 3. The van der Waals surface area contributed by atoms with E-state index in [-0.39, 0.29) is 11.9 Å². The van der Waals surface area contributed by atoms with E-state index < -0.39 is 0 Å². The lowest BCUT2D eigenvalue weighted by Crippen LogP contribution is -2.17. The first-order chi connectivity index (χ1) is 9.47. The van der Waals surface area contributed by atoms with Crippen molar-refractivity contribution in [3.8, 4) is 0 Å². The molecule has 0 bridgehead atoms. The molecule has 7 heteroatoms. The summed E-state index contributed by atoms with van der Waals surface area (Å²) >= 11 is 0. The second-order valence-electron chi connectivity index (χ2n) is 4.46. The molecule has 0 radical (unpaired) electrons. The maximum atomic E-state index is 12.2. The fourth-order valence-electron chi connectivity index (χ4n) is 1.83. The summed E-state index contributed by atoms with van der Waals surface area (Å²) in [6.45, 7) is 5.47. The van der Waals surface area contributed by atoms with Gasteiger partial charge in [-0.1, -0.05) is 0 Å². The van der Waals surface area contributed by atoms with Gasteiger partial charge in [-0.05, 0) is 39.0 Å². The van der Waals surface area contributed by atoms with Crippen molar-refractivity contribution in [3.63, 3.8) is 0 Å².